The Morgan fingerprint density at radius 1 is 1.19 bits per heavy atom. The molecule has 0 saturated heterocycles. The summed E-state index contributed by atoms with van der Waals surface area (Å²) in [5.74, 6) is 0.758. The van der Waals surface area contributed by atoms with E-state index in [-0.39, 0.29) is 0 Å². The van der Waals surface area contributed by atoms with Crippen molar-refractivity contribution in [2.24, 2.45) is 0 Å². The molecule has 1 aliphatic rings. The second-order valence-electron chi connectivity index (χ2n) is 7.38. The zero-order chi connectivity index (χ0) is 21.8. The number of benzene rings is 2. The van der Waals surface area contributed by atoms with Crippen molar-refractivity contribution < 1.29 is 19.0 Å². The number of hydrogen-bond acceptors (Lipinski definition) is 5. The SMILES string of the molecule is CCOC(=O)Nc1ccc(-c2c(C#N)c3ccc(OCCOC)cc3n2C2CC2)cc1. The van der Waals surface area contributed by atoms with Crippen LogP contribution in [0.4, 0.5) is 10.5 Å². The van der Waals surface area contributed by atoms with Crippen molar-refractivity contribution in [1.82, 2.24) is 4.57 Å². The molecule has 0 aliphatic heterocycles. The van der Waals surface area contributed by atoms with Gasteiger partial charge in [0.1, 0.15) is 18.4 Å². The Morgan fingerprint density at radius 2 is 1.97 bits per heavy atom. The highest BCUT2D eigenvalue weighted by molar-refractivity contribution is 5.96. The van der Waals surface area contributed by atoms with Gasteiger partial charge < -0.3 is 18.8 Å². The Labute approximate surface area is 181 Å². The first kappa shape index (κ1) is 20.8. The summed E-state index contributed by atoms with van der Waals surface area (Å²) in [6, 6.07) is 16.1. The Morgan fingerprint density at radius 3 is 2.61 bits per heavy atom. The van der Waals surface area contributed by atoms with E-state index in [0.717, 1.165) is 40.8 Å². The lowest BCUT2D eigenvalue weighted by atomic mass is 10.1. The number of carbonyl (C=O) groups excluding carboxylic acids is 1. The minimum absolute atomic E-state index is 0.314. The normalized spacial score (nSPS) is 13.1. The lowest BCUT2D eigenvalue weighted by Crippen LogP contribution is -2.13. The van der Waals surface area contributed by atoms with Gasteiger partial charge in [0.2, 0.25) is 0 Å². The van der Waals surface area contributed by atoms with Gasteiger partial charge in [-0.1, -0.05) is 12.1 Å². The third-order valence-corrected chi connectivity index (χ3v) is 5.24. The van der Waals surface area contributed by atoms with Gasteiger partial charge in [-0.3, -0.25) is 5.32 Å². The van der Waals surface area contributed by atoms with Gasteiger partial charge in [-0.15, -0.1) is 0 Å². The van der Waals surface area contributed by atoms with Crippen LogP contribution in [0.15, 0.2) is 42.5 Å². The molecule has 1 aromatic heterocycles. The van der Waals surface area contributed by atoms with Crippen molar-refractivity contribution in [3.63, 3.8) is 0 Å². The topological polar surface area (TPSA) is 85.5 Å². The average molecular weight is 419 g/mol. The van der Waals surface area contributed by atoms with E-state index in [1.165, 1.54) is 0 Å². The zero-order valence-electron chi connectivity index (χ0n) is 17.7. The fourth-order valence-electron chi connectivity index (χ4n) is 3.73. The summed E-state index contributed by atoms with van der Waals surface area (Å²) >= 11 is 0. The maximum atomic E-state index is 11.7. The fourth-order valence-corrected chi connectivity index (χ4v) is 3.73. The minimum atomic E-state index is -0.485. The molecule has 0 atom stereocenters. The van der Waals surface area contributed by atoms with Crippen LogP contribution in [0.3, 0.4) is 0 Å². The third kappa shape index (κ3) is 4.35. The molecule has 7 heteroatoms. The molecule has 4 rings (SSSR count). The van der Waals surface area contributed by atoms with Crippen LogP contribution < -0.4 is 10.1 Å². The molecule has 1 heterocycles. The molecule has 160 valence electrons. The summed E-state index contributed by atoms with van der Waals surface area (Å²) in [4.78, 5) is 11.7. The summed E-state index contributed by atoms with van der Waals surface area (Å²) in [5.41, 5.74) is 4.12. The predicted molar refractivity (Wildman–Crippen MR) is 118 cm³/mol. The molecule has 1 N–H and O–H groups in total. The quantitative estimate of drug-likeness (QED) is 0.513. The van der Waals surface area contributed by atoms with Gasteiger partial charge in [0.05, 0.1) is 30.0 Å². The van der Waals surface area contributed by atoms with Crippen molar-refractivity contribution in [3.8, 4) is 23.1 Å². The average Bonchev–Trinajstić information content (AvgIpc) is 3.56. The van der Waals surface area contributed by atoms with Crippen molar-refractivity contribution >= 4 is 22.7 Å². The van der Waals surface area contributed by atoms with E-state index in [9.17, 15) is 10.1 Å². The van der Waals surface area contributed by atoms with E-state index in [2.05, 4.69) is 16.0 Å². The molecular formula is C24H25N3O4. The second kappa shape index (κ2) is 9.11. The van der Waals surface area contributed by atoms with Crippen LogP contribution in [0.2, 0.25) is 0 Å². The van der Waals surface area contributed by atoms with Crippen LogP contribution in [0.5, 0.6) is 5.75 Å². The highest BCUT2D eigenvalue weighted by Crippen LogP contribution is 2.45. The first-order valence-corrected chi connectivity index (χ1v) is 10.4. The molecular weight excluding hydrogens is 394 g/mol. The lowest BCUT2D eigenvalue weighted by Gasteiger charge is -2.12. The van der Waals surface area contributed by atoms with Gasteiger partial charge in [0.25, 0.3) is 0 Å². The van der Waals surface area contributed by atoms with Gasteiger partial charge in [0.15, 0.2) is 0 Å². The van der Waals surface area contributed by atoms with E-state index in [1.807, 2.05) is 42.5 Å². The highest BCUT2D eigenvalue weighted by Gasteiger charge is 2.30. The Kier molecular flexibility index (Phi) is 6.10. The van der Waals surface area contributed by atoms with Crippen molar-refractivity contribution in [1.29, 1.82) is 5.26 Å². The number of hydrogen-bond donors (Lipinski definition) is 1. The molecule has 1 saturated carbocycles. The van der Waals surface area contributed by atoms with Gasteiger partial charge in [-0.25, -0.2) is 4.79 Å². The number of ether oxygens (including phenoxy) is 3. The molecule has 7 nitrogen and oxygen atoms in total. The van der Waals surface area contributed by atoms with E-state index >= 15 is 0 Å². The number of rotatable bonds is 8. The smallest absolute Gasteiger partial charge is 0.411 e. The zero-order valence-corrected chi connectivity index (χ0v) is 17.7. The Bertz CT molecular complexity index is 1120. The minimum Gasteiger partial charge on any atom is -0.491 e. The summed E-state index contributed by atoms with van der Waals surface area (Å²) in [6.07, 6.45) is 1.68. The number of nitrogens with zero attached hydrogens (tertiary/aromatic N) is 2. The van der Waals surface area contributed by atoms with E-state index in [0.29, 0.717) is 37.1 Å². The van der Waals surface area contributed by atoms with Crippen molar-refractivity contribution in [3.05, 3.63) is 48.0 Å². The number of amides is 1. The predicted octanol–water partition coefficient (Wildman–Crippen LogP) is 5.11. The van der Waals surface area contributed by atoms with Crippen molar-refractivity contribution in [2.75, 3.05) is 32.2 Å². The number of nitrogens with one attached hydrogen (secondary N) is 1. The summed E-state index contributed by atoms with van der Waals surface area (Å²) in [6.45, 7) is 3.06. The molecule has 3 aromatic rings. The van der Waals surface area contributed by atoms with Gasteiger partial charge in [-0.2, -0.15) is 5.26 Å². The summed E-state index contributed by atoms with van der Waals surface area (Å²) < 4.78 is 18.0. The molecule has 0 bridgehead atoms. The first-order valence-electron chi connectivity index (χ1n) is 10.4. The fraction of sp³-hybridized carbons (Fsp3) is 0.333. The highest BCUT2D eigenvalue weighted by atomic mass is 16.5. The maximum Gasteiger partial charge on any atom is 0.411 e. The molecule has 0 spiro atoms. The molecule has 2 aromatic carbocycles. The van der Waals surface area contributed by atoms with Gasteiger partial charge in [-0.05, 0) is 49.6 Å². The molecule has 1 fully saturated rings. The molecule has 31 heavy (non-hydrogen) atoms. The van der Waals surface area contributed by atoms with E-state index in [1.54, 1.807) is 14.0 Å². The number of carbonyl (C=O) groups is 1. The first-order chi connectivity index (χ1) is 15.2. The molecule has 0 radical (unpaired) electrons. The standard InChI is InChI=1S/C24H25N3O4/c1-3-30-24(28)26-17-6-4-16(5-7-17)23-21(15-25)20-11-10-19(31-13-12-29-2)14-22(20)27(23)18-8-9-18/h4-7,10-11,14,18H,3,8-9,12-13H2,1-2H3,(H,26,28). The monoisotopic (exact) mass is 419 g/mol. The number of nitriles is 1. The molecule has 1 aliphatic carbocycles. The molecule has 1 amide bonds. The number of methoxy groups -OCH3 is 1. The maximum absolute atomic E-state index is 11.7. The summed E-state index contributed by atoms with van der Waals surface area (Å²) in [7, 11) is 1.64. The lowest BCUT2D eigenvalue weighted by molar-refractivity contribution is 0.146. The van der Waals surface area contributed by atoms with Gasteiger partial charge in [0, 0.05) is 30.3 Å². The molecule has 0 unspecified atom stereocenters. The van der Waals surface area contributed by atoms with Crippen LogP contribution in [0.25, 0.3) is 22.2 Å². The van der Waals surface area contributed by atoms with E-state index in [4.69, 9.17) is 14.2 Å². The Balaban J connectivity index is 1.74. The number of anilines is 1. The van der Waals surface area contributed by atoms with Crippen molar-refractivity contribution in [2.45, 2.75) is 25.8 Å². The van der Waals surface area contributed by atoms with Crippen LogP contribution >= 0.6 is 0 Å². The largest absolute Gasteiger partial charge is 0.491 e. The third-order valence-electron chi connectivity index (χ3n) is 5.24. The Hall–Kier alpha value is -3.50. The van der Waals surface area contributed by atoms with Crippen LogP contribution in [-0.4, -0.2) is 37.6 Å². The van der Waals surface area contributed by atoms with Crippen LogP contribution in [0.1, 0.15) is 31.4 Å². The van der Waals surface area contributed by atoms with Crippen LogP contribution in [-0.2, 0) is 9.47 Å². The van der Waals surface area contributed by atoms with E-state index < -0.39 is 6.09 Å². The number of aromatic nitrogens is 1. The van der Waals surface area contributed by atoms with Gasteiger partial charge >= 0.3 is 6.09 Å². The second-order valence-corrected chi connectivity index (χ2v) is 7.38. The van der Waals surface area contributed by atoms with Crippen LogP contribution in [0, 0.1) is 11.3 Å². The number of fused-ring (bicyclic) bond motifs is 1. The summed E-state index contributed by atoms with van der Waals surface area (Å²) in [5, 5.41) is 13.6.